The van der Waals surface area contributed by atoms with Crippen LogP contribution in [0.3, 0.4) is 0 Å². The lowest BCUT2D eigenvalue weighted by Crippen LogP contribution is -2.14. The third kappa shape index (κ3) is 4.10. The zero-order valence-corrected chi connectivity index (χ0v) is 14.7. The average molecular weight is 351 g/mol. The van der Waals surface area contributed by atoms with Gasteiger partial charge in [-0.15, -0.1) is 11.3 Å². The molecule has 0 atom stereocenters. The van der Waals surface area contributed by atoms with E-state index < -0.39 is 0 Å². The summed E-state index contributed by atoms with van der Waals surface area (Å²) in [5, 5.41) is 6.34. The summed E-state index contributed by atoms with van der Waals surface area (Å²) in [4.78, 5) is 29.0. The lowest BCUT2D eigenvalue weighted by Gasteiger charge is -2.07. The number of amides is 2. The van der Waals surface area contributed by atoms with Gasteiger partial charge in [-0.1, -0.05) is 36.4 Å². The van der Waals surface area contributed by atoms with Gasteiger partial charge in [0.15, 0.2) is 0 Å². The summed E-state index contributed by atoms with van der Waals surface area (Å²) in [6.45, 7) is 3.32. The summed E-state index contributed by atoms with van der Waals surface area (Å²) in [5.41, 5.74) is 2.63. The maximum absolute atomic E-state index is 12.6. The number of hydrogen-bond donors (Lipinski definition) is 2. The smallest absolute Gasteiger partial charge is 0.275 e. The molecule has 2 amide bonds. The highest BCUT2D eigenvalue weighted by molar-refractivity contribution is 7.15. The summed E-state index contributed by atoms with van der Waals surface area (Å²) in [5.74, 6) is -0.428. The van der Waals surface area contributed by atoms with Gasteiger partial charge < -0.3 is 10.6 Å². The number of carbonyl (C=O) groups excluding carboxylic acids is 2. The van der Waals surface area contributed by atoms with E-state index in [2.05, 4.69) is 15.6 Å². The third-order valence-electron chi connectivity index (χ3n) is 3.47. The molecule has 0 bridgehead atoms. The second kappa shape index (κ2) is 7.27. The highest BCUT2D eigenvalue weighted by Crippen LogP contribution is 2.28. The molecule has 3 aromatic rings. The largest absolute Gasteiger partial charge is 0.326 e. The second-order valence-corrected chi connectivity index (χ2v) is 6.71. The van der Waals surface area contributed by atoms with E-state index in [-0.39, 0.29) is 11.8 Å². The van der Waals surface area contributed by atoms with Crippen molar-refractivity contribution in [2.75, 3.05) is 10.6 Å². The van der Waals surface area contributed by atoms with Crippen molar-refractivity contribution in [3.8, 4) is 10.6 Å². The SMILES string of the molecule is CC(=O)Nc1cccc(NC(=O)c2nc(-c3ccccc3)sc2C)c1. The zero-order valence-electron chi connectivity index (χ0n) is 13.9. The third-order valence-corrected chi connectivity index (χ3v) is 4.49. The summed E-state index contributed by atoms with van der Waals surface area (Å²) in [6.07, 6.45) is 0. The van der Waals surface area contributed by atoms with Crippen molar-refractivity contribution in [3.05, 3.63) is 65.2 Å². The van der Waals surface area contributed by atoms with Gasteiger partial charge in [-0.3, -0.25) is 9.59 Å². The van der Waals surface area contributed by atoms with Crippen LogP contribution in [0.4, 0.5) is 11.4 Å². The molecule has 0 aliphatic carbocycles. The standard InChI is InChI=1S/C19H17N3O2S/c1-12-17(22-19(25-12)14-7-4-3-5-8-14)18(24)21-16-10-6-9-15(11-16)20-13(2)23/h3-11H,1-2H3,(H,20,23)(H,21,24). The first kappa shape index (κ1) is 16.9. The molecule has 3 rings (SSSR count). The Morgan fingerprint density at radius 1 is 0.960 bits per heavy atom. The van der Waals surface area contributed by atoms with E-state index in [1.54, 1.807) is 24.3 Å². The van der Waals surface area contributed by atoms with Gasteiger partial charge in [0.25, 0.3) is 5.91 Å². The van der Waals surface area contributed by atoms with Crippen LogP contribution in [0, 0.1) is 6.92 Å². The fourth-order valence-electron chi connectivity index (χ4n) is 2.38. The van der Waals surface area contributed by atoms with Crippen LogP contribution < -0.4 is 10.6 Å². The van der Waals surface area contributed by atoms with Crippen LogP contribution in [0.15, 0.2) is 54.6 Å². The maximum atomic E-state index is 12.6. The van der Waals surface area contributed by atoms with E-state index in [0.29, 0.717) is 17.1 Å². The van der Waals surface area contributed by atoms with Crippen molar-refractivity contribution in [2.45, 2.75) is 13.8 Å². The minimum atomic E-state index is -0.268. The van der Waals surface area contributed by atoms with Crippen molar-refractivity contribution < 1.29 is 9.59 Å². The first-order valence-electron chi connectivity index (χ1n) is 7.75. The van der Waals surface area contributed by atoms with Crippen molar-refractivity contribution in [2.24, 2.45) is 0 Å². The molecule has 0 aliphatic rings. The molecule has 5 nitrogen and oxygen atoms in total. The fraction of sp³-hybridized carbons (Fsp3) is 0.105. The fourth-order valence-corrected chi connectivity index (χ4v) is 3.30. The van der Waals surface area contributed by atoms with Crippen molar-refractivity contribution >= 4 is 34.5 Å². The average Bonchev–Trinajstić information content (AvgIpc) is 2.97. The van der Waals surface area contributed by atoms with Gasteiger partial charge in [0.05, 0.1) is 0 Å². The van der Waals surface area contributed by atoms with Crippen LogP contribution in [-0.4, -0.2) is 16.8 Å². The van der Waals surface area contributed by atoms with E-state index in [4.69, 9.17) is 0 Å². The molecule has 0 radical (unpaired) electrons. The van der Waals surface area contributed by atoms with Gasteiger partial charge in [0.1, 0.15) is 10.7 Å². The van der Waals surface area contributed by atoms with Crippen LogP contribution in [0.2, 0.25) is 0 Å². The van der Waals surface area contributed by atoms with E-state index in [1.165, 1.54) is 18.3 Å². The molecule has 126 valence electrons. The summed E-state index contributed by atoms with van der Waals surface area (Å²) < 4.78 is 0. The second-order valence-electron chi connectivity index (χ2n) is 5.51. The molecule has 2 N–H and O–H groups in total. The minimum Gasteiger partial charge on any atom is -0.326 e. The Morgan fingerprint density at radius 3 is 2.32 bits per heavy atom. The normalized spacial score (nSPS) is 10.3. The molecular weight excluding hydrogens is 334 g/mol. The summed E-state index contributed by atoms with van der Waals surface area (Å²) in [6, 6.07) is 16.8. The van der Waals surface area contributed by atoms with Crippen LogP contribution in [0.5, 0.6) is 0 Å². The molecular formula is C19H17N3O2S. The van der Waals surface area contributed by atoms with E-state index >= 15 is 0 Å². The van der Waals surface area contributed by atoms with Gasteiger partial charge in [0.2, 0.25) is 5.91 Å². The highest BCUT2D eigenvalue weighted by atomic mass is 32.1. The maximum Gasteiger partial charge on any atom is 0.275 e. The van der Waals surface area contributed by atoms with Crippen LogP contribution in [-0.2, 0) is 4.79 Å². The van der Waals surface area contributed by atoms with Crippen LogP contribution in [0.25, 0.3) is 10.6 Å². The number of carbonyl (C=O) groups is 2. The molecule has 0 spiro atoms. The summed E-state index contributed by atoms with van der Waals surface area (Å²) in [7, 11) is 0. The molecule has 0 fully saturated rings. The number of nitrogens with zero attached hydrogens (tertiary/aromatic N) is 1. The van der Waals surface area contributed by atoms with Gasteiger partial charge in [-0.2, -0.15) is 0 Å². The summed E-state index contributed by atoms with van der Waals surface area (Å²) >= 11 is 1.49. The number of aryl methyl sites for hydroxylation is 1. The molecule has 0 saturated carbocycles. The lowest BCUT2D eigenvalue weighted by atomic mass is 10.2. The number of rotatable bonds is 4. The molecule has 0 unspecified atom stereocenters. The topological polar surface area (TPSA) is 71.1 Å². The Labute approximate surface area is 149 Å². The quantitative estimate of drug-likeness (QED) is 0.735. The van der Waals surface area contributed by atoms with E-state index in [0.717, 1.165) is 15.4 Å². The Kier molecular flexibility index (Phi) is 4.90. The molecule has 1 aromatic heterocycles. The van der Waals surface area contributed by atoms with Crippen LogP contribution in [0.1, 0.15) is 22.3 Å². The van der Waals surface area contributed by atoms with Gasteiger partial charge in [-0.25, -0.2) is 4.98 Å². The number of anilines is 2. The molecule has 6 heteroatoms. The highest BCUT2D eigenvalue weighted by Gasteiger charge is 2.16. The van der Waals surface area contributed by atoms with Gasteiger partial charge >= 0.3 is 0 Å². The first-order valence-corrected chi connectivity index (χ1v) is 8.56. The number of thiazole rings is 1. The molecule has 25 heavy (non-hydrogen) atoms. The van der Waals surface area contributed by atoms with Crippen molar-refractivity contribution in [3.63, 3.8) is 0 Å². The minimum absolute atomic E-state index is 0.161. The predicted octanol–water partition coefficient (Wildman–Crippen LogP) is 4.33. The predicted molar refractivity (Wildman–Crippen MR) is 101 cm³/mol. The molecule has 0 saturated heterocycles. The number of benzene rings is 2. The van der Waals surface area contributed by atoms with Gasteiger partial charge in [0, 0.05) is 28.7 Å². The Balaban J connectivity index is 1.80. The molecule has 1 heterocycles. The van der Waals surface area contributed by atoms with Crippen molar-refractivity contribution in [1.82, 2.24) is 4.98 Å². The molecule has 2 aromatic carbocycles. The van der Waals surface area contributed by atoms with Gasteiger partial charge in [-0.05, 0) is 25.1 Å². The number of nitrogens with one attached hydrogen (secondary N) is 2. The molecule has 0 aliphatic heterocycles. The monoisotopic (exact) mass is 351 g/mol. The first-order chi connectivity index (χ1) is 12.0. The van der Waals surface area contributed by atoms with E-state index in [9.17, 15) is 9.59 Å². The number of aromatic nitrogens is 1. The number of hydrogen-bond acceptors (Lipinski definition) is 4. The Morgan fingerprint density at radius 2 is 1.64 bits per heavy atom. The Bertz CT molecular complexity index is 919. The van der Waals surface area contributed by atoms with Crippen LogP contribution >= 0.6 is 11.3 Å². The Hall–Kier alpha value is -2.99. The zero-order chi connectivity index (χ0) is 17.8. The van der Waals surface area contributed by atoms with E-state index in [1.807, 2.05) is 37.3 Å². The van der Waals surface area contributed by atoms with Crippen molar-refractivity contribution in [1.29, 1.82) is 0 Å². The lowest BCUT2D eigenvalue weighted by molar-refractivity contribution is -0.114.